The summed E-state index contributed by atoms with van der Waals surface area (Å²) < 4.78 is 22.0. The van der Waals surface area contributed by atoms with Gasteiger partial charge in [0.25, 0.3) is 0 Å². The lowest BCUT2D eigenvalue weighted by Gasteiger charge is -2.14. The Bertz CT molecular complexity index is 10800. The topological polar surface area (TPSA) is 39.4 Å². The molecule has 9 heterocycles. The van der Waals surface area contributed by atoms with Crippen molar-refractivity contribution in [3.05, 3.63) is 534 Å². The number of aromatic nitrogens is 8. The fourth-order valence-electron chi connectivity index (χ4n) is 24.3. The first-order valence-corrected chi connectivity index (χ1v) is 51.3. The van der Waals surface area contributed by atoms with Gasteiger partial charge in [0, 0.05) is 157 Å². The molecule has 0 unspecified atom stereocenters. The first-order valence-electron chi connectivity index (χ1n) is 50.4. The van der Waals surface area contributed by atoms with Crippen LogP contribution in [-0.2, 0) is 0 Å². The van der Waals surface area contributed by atoms with Gasteiger partial charge in [-0.15, -0.1) is 11.3 Å². The van der Waals surface area contributed by atoms with Gasteiger partial charge in [-0.25, -0.2) is 0 Å². The van der Waals surface area contributed by atoms with E-state index < -0.39 is 0 Å². The van der Waals surface area contributed by atoms with E-state index in [9.17, 15) is 0 Å². The van der Waals surface area contributed by atoms with Gasteiger partial charge in [0.15, 0.2) is 0 Å². The molecule has 9 heteroatoms. The largest absolute Gasteiger partial charge is 0.309 e. The quantitative estimate of drug-likeness (QED) is 0.124. The third-order valence-corrected chi connectivity index (χ3v) is 31.7. The number of hydrogen-bond acceptors (Lipinski definition) is 1. The van der Waals surface area contributed by atoms with E-state index >= 15 is 0 Å². The van der Waals surface area contributed by atoms with Crippen molar-refractivity contribution in [1.82, 2.24) is 36.5 Å². The Morgan fingerprint density at radius 3 is 0.776 bits per heavy atom. The summed E-state index contributed by atoms with van der Waals surface area (Å²) in [7, 11) is 0. The molecule has 0 aliphatic carbocycles. The lowest BCUT2D eigenvalue weighted by Crippen LogP contribution is -1.96. The molecule has 147 heavy (non-hydrogen) atoms. The lowest BCUT2D eigenvalue weighted by molar-refractivity contribution is 1.16. The maximum atomic E-state index is 2.45. The van der Waals surface area contributed by atoms with Gasteiger partial charge in [0.2, 0.25) is 0 Å². The van der Waals surface area contributed by atoms with E-state index in [-0.39, 0.29) is 0 Å². The van der Waals surface area contributed by atoms with E-state index in [2.05, 4.69) is 570 Å². The molecule has 9 aromatic heterocycles. The zero-order chi connectivity index (χ0) is 96.4. The molecular weight excluding hydrogens is 1800 g/mol. The van der Waals surface area contributed by atoms with Gasteiger partial charge in [-0.05, 0) is 234 Å². The minimum atomic E-state index is 1.15. The number of nitrogens with zero attached hydrogens (tertiary/aromatic N) is 8. The van der Waals surface area contributed by atoms with Crippen LogP contribution in [0.25, 0.3) is 273 Å². The van der Waals surface area contributed by atoms with Crippen LogP contribution >= 0.6 is 11.3 Å². The summed E-state index contributed by atoms with van der Waals surface area (Å²) in [5, 5.41) is 22.8. The average molecular weight is 1890 g/mol. The van der Waals surface area contributed by atoms with Crippen LogP contribution in [0.3, 0.4) is 0 Å². The fraction of sp³-hybridized carbons (Fsp3) is 0. The normalized spacial score (nSPS) is 11.9. The van der Waals surface area contributed by atoms with Crippen molar-refractivity contribution in [2.45, 2.75) is 0 Å². The van der Waals surface area contributed by atoms with Crippen LogP contribution in [0.5, 0.6) is 0 Å². The minimum Gasteiger partial charge on any atom is -0.309 e. The maximum absolute atomic E-state index is 2.45. The Morgan fingerprint density at radius 1 is 0.122 bits per heavy atom. The van der Waals surface area contributed by atoms with Crippen molar-refractivity contribution >= 4 is 206 Å². The summed E-state index contributed by atoms with van der Waals surface area (Å²) in [6.45, 7) is 0. The van der Waals surface area contributed by atoms with E-state index in [1.165, 1.54) is 251 Å². The van der Waals surface area contributed by atoms with Crippen molar-refractivity contribution in [2.75, 3.05) is 0 Å². The summed E-state index contributed by atoms with van der Waals surface area (Å²) in [6, 6.07) is 194. The van der Waals surface area contributed by atoms with Crippen LogP contribution in [-0.4, -0.2) is 36.5 Å². The highest BCUT2D eigenvalue weighted by Crippen LogP contribution is 2.52. The van der Waals surface area contributed by atoms with Crippen molar-refractivity contribution in [3.63, 3.8) is 0 Å². The Labute approximate surface area is 848 Å². The van der Waals surface area contributed by atoms with Gasteiger partial charge in [0.05, 0.1) is 88.3 Å². The molecule has 0 spiro atoms. The van der Waals surface area contributed by atoms with Gasteiger partial charge < -0.3 is 36.5 Å². The van der Waals surface area contributed by atoms with E-state index in [4.69, 9.17) is 0 Å². The molecular formula is C138H88N8S. The Balaban J connectivity index is 0.000000102. The lowest BCUT2D eigenvalue weighted by atomic mass is 9.92. The first kappa shape index (κ1) is 83.5. The van der Waals surface area contributed by atoms with Crippen molar-refractivity contribution in [3.8, 4) is 78.9 Å². The van der Waals surface area contributed by atoms with Gasteiger partial charge >= 0.3 is 0 Å². The van der Waals surface area contributed by atoms with Crippen LogP contribution in [0.2, 0.25) is 0 Å². The van der Waals surface area contributed by atoms with Crippen LogP contribution in [0.1, 0.15) is 0 Å². The zero-order valence-corrected chi connectivity index (χ0v) is 80.6. The van der Waals surface area contributed by atoms with Crippen molar-refractivity contribution in [2.24, 2.45) is 0 Å². The first-order chi connectivity index (χ1) is 73.0. The van der Waals surface area contributed by atoms with E-state index in [1.54, 1.807) is 0 Å². The summed E-state index contributed by atoms with van der Waals surface area (Å²) in [5.41, 5.74) is 36.0. The minimum absolute atomic E-state index is 1.15. The van der Waals surface area contributed by atoms with Crippen LogP contribution in [0.15, 0.2) is 534 Å². The monoisotopic (exact) mass is 1890 g/mol. The maximum Gasteiger partial charge on any atom is 0.0568 e. The van der Waals surface area contributed by atoms with Gasteiger partial charge in [-0.2, -0.15) is 0 Å². The molecule has 0 radical (unpaired) electrons. The summed E-state index contributed by atoms with van der Waals surface area (Å²) in [4.78, 5) is 0. The van der Waals surface area contributed by atoms with Crippen molar-refractivity contribution in [1.29, 1.82) is 0 Å². The smallest absolute Gasteiger partial charge is 0.0568 e. The summed E-state index contributed by atoms with van der Waals surface area (Å²) >= 11 is 1.89. The molecule has 0 fully saturated rings. The number of benzene rings is 23. The van der Waals surface area contributed by atoms with Crippen LogP contribution in [0, 0.1) is 0 Å². The van der Waals surface area contributed by atoms with Crippen molar-refractivity contribution < 1.29 is 0 Å². The second kappa shape index (κ2) is 33.7. The second-order valence-electron chi connectivity index (χ2n) is 38.5. The molecule has 686 valence electrons. The number of hydrogen-bond donors (Lipinski definition) is 0. The predicted molar refractivity (Wildman–Crippen MR) is 623 cm³/mol. The van der Waals surface area contributed by atoms with E-state index in [0.717, 1.165) is 22.7 Å². The molecule has 23 aromatic carbocycles. The summed E-state index contributed by atoms with van der Waals surface area (Å²) in [6.07, 6.45) is 0. The molecule has 0 atom stereocenters. The van der Waals surface area contributed by atoms with Gasteiger partial charge in [0.1, 0.15) is 0 Å². The van der Waals surface area contributed by atoms with Gasteiger partial charge in [-0.3, -0.25) is 0 Å². The van der Waals surface area contributed by atoms with Crippen LogP contribution in [0.4, 0.5) is 0 Å². The molecule has 0 saturated heterocycles. The van der Waals surface area contributed by atoms with Crippen LogP contribution < -0.4 is 0 Å². The standard InChI is InChI=1S/C48H31N3.C48H30N2S.C42H27N3/c1-3-13-34(14-4-1)49-43-20-10-7-17-37(43)40-29-33(25-28-46(40)49)32-23-26-36(27-24-32)51-45-22-12-9-19-39(45)42-30-41-38-18-8-11-21-44(38)50(47(41)31-48(42)51)35-15-5-2-6-16-35;1-3-17-33(18-4-1)49-40-26-10-7-22-38(40)46-42(49)30-43-47(39-23-8-11-27-41(39)50(43)34-19-5-2-6-20-34)45(46)32-16-13-15-31(29-32)35-24-14-25-37-36-21-9-12-28-44(36)51-48(35)37;1-3-13-28(14-4-1)43-37-20-10-7-17-31(37)34-25-30(23-24-40(34)43)45-39-22-12-9-19-33(39)36-26-35-32-18-8-11-21-38(32)44(41(35)27-42(36)45)29-15-5-2-6-16-29/h1-31H;1-30H;1-27H. The average Bonchev–Trinajstić information content (AvgIpc) is 1.54. The molecule has 32 aromatic rings. The molecule has 0 aliphatic rings. The SMILES string of the molecule is c1ccc(-n2c3ccccc3c3c(-c4cccc(-c5cccc6c5sc5ccccc56)c4)c4c5ccccc5n(-c5ccccc5)c4cc32)cc1.c1ccc(-n2c3ccccc3c3cc(-c4ccc(-n5c6ccccc6c6cc7c8ccccc8n(-c8ccccc8)c7cc65)cc4)ccc32)cc1.c1ccc(-n2c3ccccc3c3cc(-n4c5ccccc5c5cc6c7ccccc7n(-c7ccccc7)c6cc54)ccc32)cc1. The molecule has 0 bridgehead atoms. The third kappa shape index (κ3) is 13.1. The number of rotatable bonds is 11. The predicted octanol–water partition coefficient (Wildman–Crippen LogP) is 37.2. The van der Waals surface area contributed by atoms with E-state index in [0.29, 0.717) is 0 Å². The molecule has 8 nitrogen and oxygen atoms in total. The zero-order valence-electron chi connectivity index (χ0n) is 79.8. The van der Waals surface area contributed by atoms with E-state index in [1.807, 2.05) is 11.3 Å². The number of thiophene rings is 1. The molecule has 0 N–H and O–H groups in total. The highest BCUT2D eigenvalue weighted by atomic mass is 32.1. The fourth-order valence-corrected chi connectivity index (χ4v) is 25.5. The highest BCUT2D eigenvalue weighted by Gasteiger charge is 2.29. The summed E-state index contributed by atoms with van der Waals surface area (Å²) in [5.74, 6) is 0. The second-order valence-corrected chi connectivity index (χ2v) is 39.5. The molecule has 0 amide bonds. The Hall–Kier alpha value is -19.3. The molecule has 0 aliphatic heterocycles. The Kier molecular flexibility index (Phi) is 19.1. The third-order valence-electron chi connectivity index (χ3n) is 30.5. The number of fused-ring (bicyclic) bond motifs is 27. The number of para-hydroxylation sites is 14. The highest BCUT2D eigenvalue weighted by molar-refractivity contribution is 7.26. The molecule has 0 saturated carbocycles. The molecule has 32 rings (SSSR count). The van der Waals surface area contributed by atoms with Gasteiger partial charge in [-0.1, -0.05) is 328 Å². The Morgan fingerprint density at radius 2 is 0.381 bits per heavy atom.